The number of benzene rings is 2. The van der Waals surface area contributed by atoms with Crippen molar-refractivity contribution in [2.75, 3.05) is 0 Å². The number of aromatic nitrogens is 4. The largest absolute Gasteiger partial charge is 2.00 e. The molecule has 31 heavy (non-hydrogen) atoms. The smallest absolute Gasteiger partial charge is 0.253 e. The van der Waals surface area contributed by atoms with Crippen LogP contribution in [0, 0.1) is 63.2 Å². The van der Waals surface area contributed by atoms with Gasteiger partial charge in [-0.25, -0.2) is 9.97 Å². The van der Waals surface area contributed by atoms with Gasteiger partial charge in [0.15, 0.2) is 0 Å². The summed E-state index contributed by atoms with van der Waals surface area (Å²) in [6, 6.07) is 15.8. The van der Waals surface area contributed by atoms with E-state index in [0.29, 0.717) is 0 Å². The number of fused-ring (bicyclic) bond motifs is 2. The van der Waals surface area contributed by atoms with E-state index in [-0.39, 0.29) is 17.1 Å². The van der Waals surface area contributed by atoms with E-state index in [1.54, 1.807) is 0 Å². The molecule has 5 heteroatoms. The second kappa shape index (κ2) is 10.3. The minimum atomic E-state index is 0. The second-order valence-electron chi connectivity index (χ2n) is 6.84. The molecule has 0 amide bonds. The molecule has 2 saturated carbocycles. The molecule has 2 aromatic heterocycles. The maximum absolute atomic E-state index is 4.56. The van der Waals surface area contributed by atoms with E-state index in [0.717, 1.165) is 45.3 Å². The molecule has 2 aromatic carbocycles. The Bertz CT molecular complexity index is 1040. The summed E-state index contributed by atoms with van der Waals surface area (Å²) < 4.78 is 0. The molecule has 2 heterocycles. The number of hydrogen-bond donors (Lipinski definition) is 0. The molecule has 10 radical (unpaired) electrons. The van der Waals surface area contributed by atoms with Gasteiger partial charge in [-0.3, -0.25) is 9.97 Å². The van der Waals surface area contributed by atoms with Crippen LogP contribution in [-0.4, -0.2) is 19.9 Å². The Morgan fingerprint density at radius 3 is 1.19 bits per heavy atom. The molecule has 0 unspecified atom stereocenters. The van der Waals surface area contributed by atoms with E-state index in [9.17, 15) is 0 Å². The summed E-state index contributed by atoms with van der Waals surface area (Å²) in [5.41, 5.74) is 5.62. The van der Waals surface area contributed by atoms with Crippen LogP contribution in [0.2, 0.25) is 0 Å². The Kier molecular flexibility index (Phi) is 7.26. The van der Waals surface area contributed by atoms with Crippen LogP contribution in [0.5, 0.6) is 0 Å². The average Bonchev–Trinajstić information content (AvgIpc) is 3.54. The molecule has 148 valence electrons. The molecule has 0 spiro atoms. The van der Waals surface area contributed by atoms with Crippen LogP contribution in [0.1, 0.15) is 11.4 Å². The Morgan fingerprint density at radius 2 is 0.806 bits per heavy atom. The first-order valence-electron chi connectivity index (χ1n) is 9.74. The molecular formula is C26H18FeN4+2. The van der Waals surface area contributed by atoms with Crippen molar-refractivity contribution in [2.45, 2.75) is 0 Å². The van der Waals surface area contributed by atoms with Gasteiger partial charge in [0.25, 0.3) is 0 Å². The summed E-state index contributed by atoms with van der Waals surface area (Å²) in [5.74, 6) is 2.24. The van der Waals surface area contributed by atoms with Gasteiger partial charge in [0.1, 0.15) is 0 Å². The Labute approximate surface area is 194 Å². The molecule has 0 atom stereocenters. The topological polar surface area (TPSA) is 51.6 Å². The summed E-state index contributed by atoms with van der Waals surface area (Å²) in [7, 11) is 0. The summed E-state index contributed by atoms with van der Waals surface area (Å²) >= 11 is 0. The van der Waals surface area contributed by atoms with Crippen molar-refractivity contribution in [3.05, 3.63) is 136 Å². The van der Waals surface area contributed by atoms with Crippen LogP contribution in [0.15, 0.2) is 60.9 Å². The van der Waals surface area contributed by atoms with Crippen molar-refractivity contribution in [1.82, 2.24) is 19.9 Å². The van der Waals surface area contributed by atoms with Gasteiger partial charge in [-0.05, 0) is 75.6 Å². The minimum Gasteiger partial charge on any atom is -0.253 e. The Hall–Kier alpha value is -2.36. The van der Waals surface area contributed by atoms with Crippen molar-refractivity contribution in [1.29, 1.82) is 0 Å². The van der Waals surface area contributed by atoms with Crippen molar-refractivity contribution >= 4 is 22.1 Å². The molecule has 0 saturated heterocycles. The van der Waals surface area contributed by atoms with Gasteiger partial charge < -0.3 is 0 Å². The van der Waals surface area contributed by atoms with Gasteiger partial charge >= 0.3 is 17.1 Å². The number of para-hydroxylation sites is 4. The number of nitrogens with zero attached hydrogens (tertiary/aromatic N) is 4. The third-order valence-corrected chi connectivity index (χ3v) is 4.81. The summed E-state index contributed by atoms with van der Waals surface area (Å²) in [4.78, 5) is 17.9. The van der Waals surface area contributed by atoms with E-state index in [1.165, 1.54) is 0 Å². The SMILES string of the molecule is [CH]1[CH][CH][C](c2cnc3ccccc3n2)[CH]1.[CH]1[CH][CH][C](c2cnc3ccccc3n2)[CH]1.[Fe+2]. The van der Waals surface area contributed by atoms with Gasteiger partial charge in [-0.1, -0.05) is 24.3 Å². The molecule has 4 nitrogen and oxygen atoms in total. The van der Waals surface area contributed by atoms with Crippen LogP contribution < -0.4 is 0 Å². The first kappa shape index (κ1) is 21.9. The molecule has 2 aliphatic carbocycles. The first-order chi connectivity index (χ1) is 14.9. The van der Waals surface area contributed by atoms with E-state index in [4.69, 9.17) is 0 Å². The Balaban J connectivity index is 0.000000144. The van der Waals surface area contributed by atoms with Crippen molar-refractivity contribution in [2.24, 2.45) is 0 Å². The molecular weight excluding hydrogens is 424 g/mol. The molecule has 2 fully saturated rings. The van der Waals surface area contributed by atoms with Crippen LogP contribution in [0.25, 0.3) is 22.1 Å². The summed E-state index contributed by atoms with van der Waals surface area (Å²) in [6.07, 6.45) is 19.8. The molecule has 0 N–H and O–H groups in total. The van der Waals surface area contributed by atoms with Crippen LogP contribution in [0.4, 0.5) is 0 Å². The zero-order chi connectivity index (χ0) is 20.2. The monoisotopic (exact) mass is 442 g/mol. The summed E-state index contributed by atoms with van der Waals surface area (Å²) in [5, 5.41) is 0. The van der Waals surface area contributed by atoms with Crippen LogP contribution in [0.3, 0.4) is 0 Å². The first-order valence-corrected chi connectivity index (χ1v) is 9.74. The van der Waals surface area contributed by atoms with E-state index >= 15 is 0 Å². The molecule has 4 aromatic rings. The third-order valence-electron chi connectivity index (χ3n) is 4.81. The maximum atomic E-state index is 4.56. The minimum absolute atomic E-state index is 0. The van der Waals surface area contributed by atoms with Gasteiger partial charge in [0.2, 0.25) is 0 Å². The van der Waals surface area contributed by atoms with Crippen LogP contribution in [-0.2, 0) is 17.1 Å². The van der Waals surface area contributed by atoms with Gasteiger partial charge in [-0.2, -0.15) is 0 Å². The zero-order valence-electron chi connectivity index (χ0n) is 16.5. The predicted molar refractivity (Wildman–Crippen MR) is 118 cm³/mol. The quantitative estimate of drug-likeness (QED) is 0.420. The molecule has 0 aliphatic heterocycles. The molecule has 2 aliphatic rings. The fraction of sp³-hybridized carbons (Fsp3) is 0. The standard InChI is InChI=1S/2C13H9N2.Fe/c2*1-2-6-10(5-1)13-9-14-11-7-3-4-8-12(11)15-13;/h2*1-9H;/q;;+2. The third kappa shape index (κ3) is 5.11. The maximum Gasteiger partial charge on any atom is 2.00 e. The fourth-order valence-electron chi connectivity index (χ4n) is 3.28. The number of hydrogen-bond acceptors (Lipinski definition) is 4. The van der Waals surface area contributed by atoms with Crippen LogP contribution >= 0.6 is 0 Å². The fourth-order valence-corrected chi connectivity index (χ4v) is 3.28. The van der Waals surface area contributed by atoms with Crippen molar-refractivity contribution in [3.8, 4) is 0 Å². The van der Waals surface area contributed by atoms with Crippen molar-refractivity contribution < 1.29 is 17.1 Å². The van der Waals surface area contributed by atoms with E-state index < -0.39 is 0 Å². The van der Waals surface area contributed by atoms with E-state index in [2.05, 4.69) is 19.9 Å². The second-order valence-corrected chi connectivity index (χ2v) is 6.84. The number of rotatable bonds is 2. The van der Waals surface area contributed by atoms with Gasteiger partial charge in [0, 0.05) is 24.2 Å². The predicted octanol–water partition coefficient (Wildman–Crippen LogP) is 4.76. The Morgan fingerprint density at radius 1 is 0.452 bits per heavy atom. The van der Waals surface area contributed by atoms with Gasteiger partial charge in [-0.15, -0.1) is 0 Å². The molecule has 0 bridgehead atoms. The zero-order valence-corrected chi connectivity index (χ0v) is 17.6. The average molecular weight is 442 g/mol. The van der Waals surface area contributed by atoms with Gasteiger partial charge in [0.05, 0.1) is 33.5 Å². The normalized spacial score (nSPS) is 16.8. The van der Waals surface area contributed by atoms with Crippen molar-refractivity contribution in [3.63, 3.8) is 0 Å². The molecule has 6 rings (SSSR count). The summed E-state index contributed by atoms with van der Waals surface area (Å²) in [6.45, 7) is 0. The van der Waals surface area contributed by atoms with E-state index in [1.807, 2.05) is 112 Å².